The van der Waals surface area contributed by atoms with E-state index >= 15 is 0 Å². The molecule has 0 aliphatic heterocycles. The molecule has 19 heavy (non-hydrogen) atoms. The van der Waals surface area contributed by atoms with Crippen molar-refractivity contribution in [2.24, 2.45) is 5.92 Å². The number of benzene rings is 1. The van der Waals surface area contributed by atoms with Gasteiger partial charge in [0, 0.05) is 0 Å². The molecular weight excluding hydrogens is 232 g/mol. The van der Waals surface area contributed by atoms with Crippen molar-refractivity contribution >= 4 is 0 Å². The van der Waals surface area contributed by atoms with Crippen molar-refractivity contribution in [1.82, 2.24) is 0 Å². The molecule has 1 unspecified atom stereocenters. The fourth-order valence-corrected chi connectivity index (χ4v) is 3.08. The van der Waals surface area contributed by atoms with Gasteiger partial charge in [0.2, 0.25) is 0 Å². The van der Waals surface area contributed by atoms with Crippen molar-refractivity contribution in [3.8, 4) is 0 Å². The zero-order chi connectivity index (χ0) is 13.9. The first kappa shape index (κ1) is 14.6. The normalized spacial score (nSPS) is 19.4. The summed E-state index contributed by atoms with van der Waals surface area (Å²) >= 11 is 0. The molecule has 1 nitrogen and oxygen atoms in total. The second-order valence-electron chi connectivity index (χ2n) is 7.13. The summed E-state index contributed by atoms with van der Waals surface area (Å²) in [6, 6.07) is 8.54. The Balaban J connectivity index is 1.97. The molecule has 1 atom stereocenters. The van der Waals surface area contributed by atoms with Crippen LogP contribution in [0.1, 0.15) is 76.5 Å². The molecule has 1 aliphatic rings. The molecule has 106 valence electrons. The van der Waals surface area contributed by atoms with E-state index in [1.165, 1.54) is 37.7 Å². The summed E-state index contributed by atoms with van der Waals surface area (Å²) in [7, 11) is 0. The highest BCUT2D eigenvalue weighted by Gasteiger charge is 2.19. The lowest BCUT2D eigenvalue weighted by Gasteiger charge is -2.25. The summed E-state index contributed by atoms with van der Waals surface area (Å²) in [6.45, 7) is 6.67. The van der Waals surface area contributed by atoms with E-state index < -0.39 is 0 Å². The van der Waals surface area contributed by atoms with Gasteiger partial charge in [-0.05, 0) is 28.9 Å². The van der Waals surface area contributed by atoms with Crippen LogP contribution in [0.5, 0.6) is 0 Å². The molecule has 0 saturated heterocycles. The Labute approximate surface area is 118 Å². The van der Waals surface area contributed by atoms with E-state index in [1.54, 1.807) is 0 Å². The largest absolute Gasteiger partial charge is 0.388 e. The van der Waals surface area contributed by atoms with Crippen molar-refractivity contribution in [1.29, 1.82) is 0 Å². The smallest absolute Gasteiger partial charge is 0.0792 e. The molecule has 2 rings (SSSR count). The lowest BCUT2D eigenvalue weighted by Crippen LogP contribution is -2.13. The second kappa shape index (κ2) is 6.09. The number of rotatable bonds is 3. The topological polar surface area (TPSA) is 20.2 Å². The zero-order valence-electron chi connectivity index (χ0n) is 12.7. The van der Waals surface area contributed by atoms with Gasteiger partial charge in [0.05, 0.1) is 6.10 Å². The Morgan fingerprint density at radius 2 is 1.63 bits per heavy atom. The minimum Gasteiger partial charge on any atom is -0.388 e. The first-order valence-electron chi connectivity index (χ1n) is 7.75. The predicted molar refractivity (Wildman–Crippen MR) is 81.3 cm³/mol. The molecule has 0 radical (unpaired) electrons. The fraction of sp³-hybridized carbons (Fsp3) is 0.667. The molecule has 1 aromatic carbocycles. The van der Waals surface area contributed by atoms with Crippen LogP contribution < -0.4 is 0 Å². The van der Waals surface area contributed by atoms with Gasteiger partial charge in [0.25, 0.3) is 0 Å². The van der Waals surface area contributed by atoms with Crippen molar-refractivity contribution in [2.75, 3.05) is 0 Å². The average Bonchev–Trinajstić information content (AvgIpc) is 2.39. The van der Waals surface area contributed by atoms with Crippen LogP contribution in [-0.4, -0.2) is 5.11 Å². The fourth-order valence-electron chi connectivity index (χ4n) is 3.08. The van der Waals surface area contributed by atoms with Crippen LogP contribution >= 0.6 is 0 Å². The average molecular weight is 260 g/mol. The maximum absolute atomic E-state index is 10.4. The Kier molecular flexibility index (Phi) is 4.67. The van der Waals surface area contributed by atoms with Crippen molar-refractivity contribution in [3.63, 3.8) is 0 Å². The summed E-state index contributed by atoms with van der Waals surface area (Å²) in [5.74, 6) is 0.728. The summed E-state index contributed by atoms with van der Waals surface area (Å²) < 4.78 is 0. The lowest BCUT2D eigenvalue weighted by molar-refractivity contribution is 0.131. The molecule has 1 fully saturated rings. The van der Waals surface area contributed by atoms with E-state index in [0.717, 1.165) is 17.9 Å². The third-order valence-electron chi connectivity index (χ3n) is 4.44. The first-order chi connectivity index (χ1) is 8.97. The van der Waals surface area contributed by atoms with Gasteiger partial charge in [0.15, 0.2) is 0 Å². The second-order valence-corrected chi connectivity index (χ2v) is 7.13. The van der Waals surface area contributed by atoms with Gasteiger partial charge in [-0.25, -0.2) is 0 Å². The molecule has 0 aromatic heterocycles. The number of hydrogen-bond donors (Lipinski definition) is 1. The Hall–Kier alpha value is -0.820. The third kappa shape index (κ3) is 4.07. The minimum atomic E-state index is -0.280. The van der Waals surface area contributed by atoms with Crippen LogP contribution in [0.2, 0.25) is 0 Å². The summed E-state index contributed by atoms with van der Waals surface area (Å²) in [5, 5.41) is 10.4. The zero-order valence-corrected chi connectivity index (χ0v) is 12.7. The van der Waals surface area contributed by atoms with Crippen LogP contribution in [0, 0.1) is 5.92 Å². The molecule has 0 heterocycles. The minimum absolute atomic E-state index is 0.187. The maximum atomic E-state index is 10.4. The lowest BCUT2D eigenvalue weighted by atomic mass is 9.83. The molecular formula is C18H28O. The van der Waals surface area contributed by atoms with Gasteiger partial charge < -0.3 is 5.11 Å². The summed E-state index contributed by atoms with van der Waals surface area (Å²) in [4.78, 5) is 0. The van der Waals surface area contributed by atoms with E-state index in [-0.39, 0.29) is 11.5 Å². The number of hydrogen-bond acceptors (Lipinski definition) is 1. The van der Waals surface area contributed by atoms with E-state index in [4.69, 9.17) is 0 Å². The SMILES string of the molecule is CC(C)(C)c1ccc(C(O)CC2CCCCC2)cc1. The molecule has 1 saturated carbocycles. The van der Waals surface area contributed by atoms with Gasteiger partial charge >= 0.3 is 0 Å². The maximum Gasteiger partial charge on any atom is 0.0792 e. The molecule has 0 bridgehead atoms. The Morgan fingerprint density at radius 3 is 2.16 bits per heavy atom. The molecule has 1 aromatic rings. The van der Waals surface area contributed by atoms with Gasteiger partial charge in [0.1, 0.15) is 0 Å². The highest BCUT2D eigenvalue weighted by atomic mass is 16.3. The van der Waals surface area contributed by atoms with Gasteiger partial charge in [-0.3, -0.25) is 0 Å². The van der Waals surface area contributed by atoms with Crippen LogP contribution in [0.25, 0.3) is 0 Å². The van der Waals surface area contributed by atoms with E-state index in [0.29, 0.717) is 0 Å². The standard InChI is InChI=1S/C18H28O/c1-18(2,3)16-11-9-15(10-12-16)17(19)13-14-7-5-4-6-8-14/h9-12,14,17,19H,4-8,13H2,1-3H3. The van der Waals surface area contributed by atoms with E-state index in [2.05, 4.69) is 45.0 Å². The summed E-state index contributed by atoms with van der Waals surface area (Å²) in [6.07, 6.45) is 7.34. The van der Waals surface area contributed by atoms with Crippen molar-refractivity contribution in [2.45, 2.75) is 70.8 Å². The molecule has 0 amide bonds. The highest BCUT2D eigenvalue weighted by Crippen LogP contribution is 2.32. The van der Waals surface area contributed by atoms with Gasteiger partial charge in [-0.15, -0.1) is 0 Å². The van der Waals surface area contributed by atoms with Gasteiger partial charge in [-0.1, -0.05) is 77.1 Å². The monoisotopic (exact) mass is 260 g/mol. The van der Waals surface area contributed by atoms with Gasteiger partial charge in [-0.2, -0.15) is 0 Å². The van der Waals surface area contributed by atoms with Crippen molar-refractivity contribution < 1.29 is 5.11 Å². The number of aliphatic hydroxyl groups is 1. The Morgan fingerprint density at radius 1 is 1.05 bits per heavy atom. The van der Waals surface area contributed by atoms with Crippen LogP contribution in [0.3, 0.4) is 0 Å². The molecule has 1 heteroatoms. The Bertz CT molecular complexity index is 379. The molecule has 1 N–H and O–H groups in total. The van der Waals surface area contributed by atoms with E-state index in [1.807, 2.05) is 0 Å². The highest BCUT2D eigenvalue weighted by molar-refractivity contribution is 5.28. The number of aliphatic hydroxyl groups excluding tert-OH is 1. The third-order valence-corrected chi connectivity index (χ3v) is 4.44. The molecule has 1 aliphatic carbocycles. The van der Waals surface area contributed by atoms with Crippen LogP contribution in [0.4, 0.5) is 0 Å². The van der Waals surface area contributed by atoms with Crippen LogP contribution in [-0.2, 0) is 5.41 Å². The van der Waals surface area contributed by atoms with Crippen molar-refractivity contribution in [3.05, 3.63) is 35.4 Å². The molecule has 0 spiro atoms. The quantitative estimate of drug-likeness (QED) is 0.812. The predicted octanol–water partition coefficient (Wildman–Crippen LogP) is 4.99. The van der Waals surface area contributed by atoms with E-state index in [9.17, 15) is 5.11 Å². The first-order valence-corrected chi connectivity index (χ1v) is 7.75. The van der Waals surface area contributed by atoms with Crippen LogP contribution in [0.15, 0.2) is 24.3 Å². The summed E-state index contributed by atoms with van der Waals surface area (Å²) in [5.41, 5.74) is 2.60.